The maximum Gasteiger partial charge on any atom is 0.191 e. The van der Waals surface area contributed by atoms with E-state index in [1.807, 2.05) is 17.6 Å². The maximum atomic E-state index is 6.15. The topological polar surface area (TPSA) is 57.8 Å². The Morgan fingerprint density at radius 3 is 2.76 bits per heavy atom. The zero-order valence-electron chi connectivity index (χ0n) is 14.0. The Hall–Kier alpha value is -0.870. The molecule has 5 nitrogen and oxygen atoms in total. The summed E-state index contributed by atoms with van der Waals surface area (Å²) in [4.78, 5) is 13.4. The summed E-state index contributed by atoms with van der Waals surface area (Å²) < 4.78 is 1.13. The molecule has 1 aliphatic rings. The number of nitrogens with zero attached hydrogens (tertiary/aromatic N) is 4. The van der Waals surface area contributed by atoms with E-state index in [0.29, 0.717) is 5.96 Å². The van der Waals surface area contributed by atoms with Crippen LogP contribution in [0.2, 0.25) is 0 Å². The number of anilines is 1. The van der Waals surface area contributed by atoms with Gasteiger partial charge < -0.3 is 15.5 Å². The van der Waals surface area contributed by atoms with Crippen LogP contribution in [0.15, 0.2) is 45.3 Å². The van der Waals surface area contributed by atoms with Gasteiger partial charge in [0.05, 0.1) is 0 Å². The smallest absolute Gasteiger partial charge is 0.191 e. The van der Waals surface area contributed by atoms with E-state index in [4.69, 9.17) is 5.73 Å². The van der Waals surface area contributed by atoms with Gasteiger partial charge in [0.2, 0.25) is 0 Å². The largest absolute Gasteiger partial charge is 0.370 e. The highest BCUT2D eigenvalue weighted by molar-refractivity contribution is 14.0. The second-order valence-corrected chi connectivity index (χ2v) is 7.55. The summed E-state index contributed by atoms with van der Waals surface area (Å²) in [6, 6.07) is 8.42. The molecule has 0 amide bonds. The minimum atomic E-state index is 0. The molecular formula is C17H23BrIN5S. The molecule has 136 valence electrons. The third kappa shape index (κ3) is 6.10. The molecule has 2 aromatic rings. The first-order valence-corrected chi connectivity index (χ1v) is 9.83. The molecule has 1 aromatic heterocycles. The lowest BCUT2D eigenvalue weighted by atomic mass is 10.1. The summed E-state index contributed by atoms with van der Waals surface area (Å²) in [5, 5.41) is 3.11. The fourth-order valence-corrected chi connectivity index (χ4v) is 3.91. The number of guanidine groups is 1. The van der Waals surface area contributed by atoms with E-state index in [2.05, 4.69) is 53.9 Å². The number of benzene rings is 1. The molecule has 25 heavy (non-hydrogen) atoms. The van der Waals surface area contributed by atoms with Crippen molar-refractivity contribution in [3.8, 4) is 0 Å². The van der Waals surface area contributed by atoms with Gasteiger partial charge in [-0.25, -0.2) is 4.98 Å². The van der Waals surface area contributed by atoms with Gasteiger partial charge in [-0.2, -0.15) is 0 Å². The second kappa shape index (κ2) is 10.3. The molecule has 2 N–H and O–H groups in total. The Morgan fingerprint density at radius 2 is 2.08 bits per heavy atom. The van der Waals surface area contributed by atoms with Gasteiger partial charge in [-0.3, -0.25) is 4.99 Å². The summed E-state index contributed by atoms with van der Waals surface area (Å²) in [6.07, 6.45) is 3.89. The molecule has 1 saturated heterocycles. The van der Waals surface area contributed by atoms with Crippen LogP contribution in [0.3, 0.4) is 0 Å². The molecule has 8 heteroatoms. The molecule has 2 heterocycles. The summed E-state index contributed by atoms with van der Waals surface area (Å²) in [5.41, 5.74) is 7.48. The first kappa shape index (κ1) is 20.4. The molecule has 1 aliphatic heterocycles. The van der Waals surface area contributed by atoms with Crippen molar-refractivity contribution in [2.24, 2.45) is 10.7 Å². The van der Waals surface area contributed by atoms with Crippen LogP contribution in [-0.2, 0) is 6.42 Å². The van der Waals surface area contributed by atoms with Crippen molar-refractivity contribution in [3.63, 3.8) is 0 Å². The molecule has 0 atom stereocenters. The van der Waals surface area contributed by atoms with Crippen LogP contribution in [0.4, 0.5) is 5.13 Å². The van der Waals surface area contributed by atoms with Crippen molar-refractivity contribution in [2.45, 2.75) is 12.8 Å². The lowest BCUT2D eigenvalue weighted by Crippen LogP contribution is -2.51. The van der Waals surface area contributed by atoms with E-state index in [1.54, 1.807) is 11.3 Å². The van der Waals surface area contributed by atoms with Crippen molar-refractivity contribution in [1.82, 2.24) is 9.88 Å². The van der Waals surface area contributed by atoms with Crippen LogP contribution in [0.1, 0.15) is 12.0 Å². The second-order valence-electron chi connectivity index (χ2n) is 5.76. The number of rotatable bonds is 5. The molecule has 3 rings (SSSR count). The number of thiazole rings is 1. The Bertz CT molecular complexity index is 671. The van der Waals surface area contributed by atoms with Gasteiger partial charge in [0.15, 0.2) is 11.1 Å². The molecule has 1 aromatic carbocycles. The monoisotopic (exact) mass is 535 g/mol. The standard InChI is InChI=1S/C17H22BrN5S.HI/c18-15-5-1-3-14(13-15)4-2-6-20-16(19)22-8-10-23(11-9-22)17-21-7-12-24-17;/h1,3,5,7,12-13H,2,4,6,8-11H2,(H2,19,20);1H. The van der Waals surface area contributed by atoms with E-state index in [1.165, 1.54) is 5.56 Å². The van der Waals surface area contributed by atoms with Crippen molar-refractivity contribution in [1.29, 1.82) is 0 Å². The Kier molecular flexibility index (Phi) is 8.44. The lowest BCUT2D eigenvalue weighted by molar-refractivity contribution is 0.380. The number of hydrogen-bond donors (Lipinski definition) is 1. The van der Waals surface area contributed by atoms with E-state index < -0.39 is 0 Å². The molecule has 0 spiro atoms. The quantitative estimate of drug-likeness (QED) is 0.275. The van der Waals surface area contributed by atoms with Gasteiger partial charge in [-0.15, -0.1) is 35.3 Å². The van der Waals surface area contributed by atoms with Crippen LogP contribution in [-0.4, -0.2) is 48.6 Å². The third-order valence-electron chi connectivity index (χ3n) is 4.08. The highest BCUT2D eigenvalue weighted by Crippen LogP contribution is 2.18. The SMILES string of the molecule is I.NC(=NCCCc1cccc(Br)c1)N1CCN(c2nccs2)CC1. The normalized spacial score (nSPS) is 15.2. The van der Waals surface area contributed by atoms with E-state index in [9.17, 15) is 0 Å². The van der Waals surface area contributed by atoms with Gasteiger partial charge in [0.1, 0.15) is 0 Å². The summed E-state index contributed by atoms with van der Waals surface area (Å²) in [7, 11) is 0. The Morgan fingerprint density at radius 1 is 1.28 bits per heavy atom. The average Bonchev–Trinajstić information content (AvgIpc) is 3.13. The maximum absolute atomic E-state index is 6.15. The molecule has 0 bridgehead atoms. The predicted octanol–water partition coefficient (Wildman–Crippen LogP) is 3.59. The highest BCUT2D eigenvalue weighted by atomic mass is 127. The Labute approximate surface area is 178 Å². The van der Waals surface area contributed by atoms with Crippen LogP contribution in [0.25, 0.3) is 0 Å². The van der Waals surface area contributed by atoms with Crippen molar-refractivity contribution < 1.29 is 0 Å². The zero-order chi connectivity index (χ0) is 16.8. The van der Waals surface area contributed by atoms with Crippen molar-refractivity contribution in [2.75, 3.05) is 37.6 Å². The minimum absolute atomic E-state index is 0. The van der Waals surface area contributed by atoms with Crippen LogP contribution in [0.5, 0.6) is 0 Å². The Balaban J connectivity index is 0.00000225. The first-order valence-electron chi connectivity index (χ1n) is 8.16. The summed E-state index contributed by atoms with van der Waals surface area (Å²) in [6.45, 7) is 4.47. The first-order chi connectivity index (χ1) is 11.7. The number of aryl methyl sites for hydroxylation is 1. The summed E-state index contributed by atoms with van der Waals surface area (Å²) >= 11 is 5.19. The predicted molar refractivity (Wildman–Crippen MR) is 120 cm³/mol. The third-order valence-corrected chi connectivity index (χ3v) is 5.41. The number of aromatic nitrogens is 1. The van der Waals surface area contributed by atoms with Gasteiger partial charge >= 0.3 is 0 Å². The fourth-order valence-electron chi connectivity index (χ4n) is 2.77. The lowest BCUT2D eigenvalue weighted by Gasteiger charge is -2.35. The van der Waals surface area contributed by atoms with E-state index in [-0.39, 0.29) is 24.0 Å². The summed E-state index contributed by atoms with van der Waals surface area (Å²) in [5.74, 6) is 0.669. The number of aliphatic imine (C=N–C) groups is 1. The molecule has 0 unspecified atom stereocenters. The highest BCUT2D eigenvalue weighted by Gasteiger charge is 2.19. The van der Waals surface area contributed by atoms with Crippen LogP contribution < -0.4 is 10.6 Å². The van der Waals surface area contributed by atoms with Gasteiger partial charge in [0, 0.05) is 48.8 Å². The minimum Gasteiger partial charge on any atom is -0.370 e. The van der Waals surface area contributed by atoms with Crippen LogP contribution in [0, 0.1) is 0 Å². The van der Waals surface area contributed by atoms with Crippen LogP contribution >= 0.6 is 51.2 Å². The van der Waals surface area contributed by atoms with Crippen molar-refractivity contribution >= 4 is 62.3 Å². The fraction of sp³-hybridized carbons (Fsp3) is 0.412. The molecule has 0 radical (unpaired) electrons. The molecule has 0 saturated carbocycles. The number of nitrogens with two attached hydrogens (primary N) is 1. The molecule has 1 fully saturated rings. The molecule has 0 aliphatic carbocycles. The van der Waals surface area contributed by atoms with Gasteiger partial charge in [-0.05, 0) is 30.5 Å². The number of halogens is 2. The van der Waals surface area contributed by atoms with E-state index in [0.717, 1.165) is 55.2 Å². The average molecular weight is 536 g/mol. The number of hydrogen-bond acceptors (Lipinski definition) is 4. The van der Waals surface area contributed by atoms with E-state index >= 15 is 0 Å². The van der Waals surface area contributed by atoms with Crippen molar-refractivity contribution in [3.05, 3.63) is 45.9 Å². The molecular weight excluding hydrogens is 513 g/mol. The zero-order valence-corrected chi connectivity index (χ0v) is 18.7. The number of piperazine rings is 1. The van der Waals surface area contributed by atoms with Gasteiger partial charge in [-0.1, -0.05) is 28.1 Å². The van der Waals surface area contributed by atoms with Gasteiger partial charge in [0.25, 0.3) is 0 Å².